The lowest BCUT2D eigenvalue weighted by Gasteiger charge is -2.41. The molecule has 2 aliphatic rings. The molecule has 2 aromatic carbocycles. The summed E-state index contributed by atoms with van der Waals surface area (Å²) in [6.45, 7) is 8.55. The Morgan fingerprint density at radius 2 is 1.79 bits per heavy atom. The average molecular weight is 681 g/mol. The predicted molar refractivity (Wildman–Crippen MR) is 188 cm³/mol. The summed E-state index contributed by atoms with van der Waals surface area (Å²) in [5, 5.41) is 10.2. The minimum Gasteiger partial charge on any atom is -0.494 e. The second-order valence-electron chi connectivity index (χ2n) is 11.8. The normalized spacial score (nSPS) is 16.3. The van der Waals surface area contributed by atoms with E-state index in [1.165, 1.54) is 30.7 Å². The van der Waals surface area contributed by atoms with Gasteiger partial charge in [-0.3, -0.25) is 19.2 Å². The number of nitrogens with one attached hydrogen (secondary N) is 3. The molecule has 0 unspecified atom stereocenters. The lowest BCUT2D eigenvalue weighted by molar-refractivity contribution is 0.150. The van der Waals surface area contributed by atoms with Crippen LogP contribution in [0.3, 0.4) is 0 Å². The number of hydrogen-bond donors (Lipinski definition) is 3. The van der Waals surface area contributed by atoms with E-state index in [9.17, 15) is 8.42 Å². The molecule has 0 spiro atoms. The zero-order valence-corrected chi connectivity index (χ0v) is 28.7. The highest BCUT2D eigenvalue weighted by Gasteiger charge is 2.27. The first-order valence-corrected chi connectivity index (χ1v) is 18.0. The molecule has 4 heterocycles. The molecule has 0 bridgehead atoms. The molecule has 0 saturated carbocycles. The first kappa shape index (κ1) is 32.9. The Kier molecular flexibility index (Phi) is 9.82. The lowest BCUT2D eigenvalue weighted by Crippen LogP contribution is -2.52. The van der Waals surface area contributed by atoms with Crippen LogP contribution in [0, 0.1) is 0 Å². The van der Waals surface area contributed by atoms with Crippen LogP contribution in [0.4, 0.5) is 34.5 Å². The van der Waals surface area contributed by atoms with Gasteiger partial charge in [-0.15, -0.1) is 0 Å². The molecule has 2 aromatic heterocycles. The molecular weight excluding hydrogens is 640 g/mol. The summed E-state index contributed by atoms with van der Waals surface area (Å²) in [6, 6.07) is 8.32. The standard InChI is InChI=1S/C32H41ClN10O3S/c1-5-21-18-26(28(46-3)19-27(21)43-14-8-22(9-15-43)42-16-12-34-13-17-42)39-32-37-20-23(33)31(40-32)38-25-7-6-24-29(36-11-10-35-24)30(25)41(2)47(4,44)45/h6-7,10-11,18-20,22,34H,5,8-9,12-17H2,1-4H3,(H2,37,38,39,40). The Bertz CT molecular complexity index is 1850. The molecule has 2 saturated heterocycles. The van der Waals surface area contributed by atoms with Gasteiger partial charge in [-0.05, 0) is 43.0 Å². The Hall–Kier alpha value is -3.98. The zero-order valence-electron chi connectivity index (χ0n) is 27.1. The maximum absolute atomic E-state index is 12.6. The number of anilines is 6. The minimum absolute atomic E-state index is 0.253. The summed E-state index contributed by atoms with van der Waals surface area (Å²) in [5.74, 6) is 1.26. The summed E-state index contributed by atoms with van der Waals surface area (Å²) >= 11 is 6.55. The number of methoxy groups -OCH3 is 1. The summed E-state index contributed by atoms with van der Waals surface area (Å²) in [5.41, 5.74) is 4.85. The molecule has 6 rings (SSSR count). The van der Waals surface area contributed by atoms with Crippen molar-refractivity contribution in [1.82, 2.24) is 30.2 Å². The molecule has 0 atom stereocenters. The van der Waals surface area contributed by atoms with Crippen LogP contribution >= 0.6 is 11.6 Å². The van der Waals surface area contributed by atoms with E-state index in [4.69, 9.17) is 16.3 Å². The van der Waals surface area contributed by atoms with Crippen molar-refractivity contribution in [1.29, 1.82) is 0 Å². The van der Waals surface area contributed by atoms with E-state index in [0.29, 0.717) is 40.1 Å². The number of hydrogen-bond acceptors (Lipinski definition) is 12. The van der Waals surface area contributed by atoms with Crippen LogP contribution in [0.5, 0.6) is 5.75 Å². The molecule has 3 N–H and O–H groups in total. The van der Waals surface area contributed by atoms with Crippen LogP contribution < -0.4 is 29.9 Å². The largest absolute Gasteiger partial charge is 0.494 e. The smallest absolute Gasteiger partial charge is 0.232 e. The number of benzene rings is 2. The van der Waals surface area contributed by atoms with E-state index in [0.717, 1.165) is 74.8 Å². The third-order valence-corrected chi connectivity index (χ3v) is 10.4. The Morgan fingerprint density at radius 1 is 1.04 bits per heavy atom. The molecule has 2 fully saturated rings. The fourth-order valence-electron chi connectivity index (χ4n) is 6.35. The van der Waals surface area contributed by atoms with Crippen LogP contribution in [0.1, 0.15) is 25.3 Å². The fourth-order valence-corrected chi connectivity index (χ4v) is 7.00. The third-order valence-electron chi connectivity index (χ3n) is 8.92. The average Bonchev–Trinajstić information content (AvgIpc) is 3.09. The third kappa shape index (κ3) is 7.15. The monoisotopic (exact) mass is 680 g/mol. The molecule has 0 amide bonds. The first-order chi connectivity index (χ1) is 22.7. The number of piperazine rings is 1. The van der Waals surface area contributed by atoms with Crippen molar-refractivity contribution in [2.45, 2.75) is 32.2 Å². The summed E-state index contributed by atoms with van der Waals surface area (Å²) in [7, 11) is -0.506. The van der Waals surface area contributed by atoms with Crippen molar-refractivity contribution >= 4 is 67.2 Å². The maximum atomic E-state index is 12.6. The van der Waals surface area contributed by atoms with Crippen molar-refractivity contribution in [3.8, 4) is 5.75 Å². The number of sulfonamides is 1. The fraction of sp³-hybridized carbons (Fsp3) is 0.438. The van der Waals surface area contributed by atoms with Crippen molar-refractivity contribution in [2.24, 2.45) is 0 Å². The second kappa shape index (κ2) is 14.0. The molecule has 4 aromatic rings. The van der Waals surface area contributed by atoms with Gasteiger partial charge in [-0.2, -0.15) is 4.98 Å². The number of halogens is 1. The number of aromatic nitrogens is 4. The molecule has 13 nitrogen and oxygen atoms in total. The molecule has 250 valence electrons. The number of rotatable bonds is 10. The quantitative estimate of drug-likeness (QED) is 0.219. The highest BCUT2D eigenvalue weighted by Crippen LogP contribution is 2.39. The van der Waals surface area contributed by atoms with Gasteiger partial charge in [0.25, 0.3) is 0 Å². The SMILES string of the molecule is CCc1cc(Nc2ncc(Cl)c(Nc3ccc4nccnc4c3N(C)S(C)(=O)=O)n2)c(OC)cc1N1CCC(N2CCNCC2)CC1. The van der Waals surface area contributed by atoms with Crippen LogP contribution in [-0.2, 0) is 16.4 Å². The number of aryl methyl sites for hydroxylation is 1. The Balaban J connectivity index is 1.25. The molecule has 2 aliphatic heterocycles. The summed E-state index contributed by atoms with van der Waals surface area (Å²) < 4.78 is 32.2. The van der Waals surface area contributed by atoms with E-state index >= 15 is 0 Å². The molecule has 0 aliphatic carbocycles. The molecule has 15 heteroatoms. The van der Waals surface area contributed by atoms with Crippen LogP contribution in [0.25, 0.3) is 11.0 Å². The second-order valence-corrected chi connectivity index (χ2v) is 14.2. The molecular formula is C32H41ClN10O3S. The summed E-state index contributed by atoms with van der Waals surface area (Å²) in [4.78, 5) is 22.9. The number of fused-ring (bicyclic) bond motifs is 1. The van der Waals surface area contributed by atoms with Gasteiger partial charge in [-0.1, -0.05) is 18.5 Å². The first-order valence-electron chi connectivity index (χ1n) is 15.8. The number of nitrogens with zero attached hydrogens (tertiary/aromatic N) is 7. The number of piperidine rings is 1. The summed E-state index contributed by atoms with van der Waals surface area (Å²) in [6.07, 6.45) is 8.83. The van der Waals surface area contributed by atoms with E-state index in [1.807, 2.05) is 0 Å². The lowest BCUT2D eigenvalue weighted by atomic mass is 9.99. The van der Waals surface area contributed by atoms with Gasteiger partial charge in [0.05, 0.1) is 36.5 Å². The van der Waals surface area contributed by atoms with Crippen molar-refractivity contribution in [3.63, 3.8) is 0 Å². The molecule has 0 radical (unpaired) electrons. The van der Waals surface area contributed by atoms with Crippen LogP contribution in [0.15, 0.2) is 42.9 Å². The van der Waals surface area contributed by atoms with Crippen molar-refractivity contribution in [3.05, 3.63) is 53.4 Å². The van der Waals surface area contributed by atoms with Gasteiger partial charge in [0.15, 0.2) is 5.82 Å². The minimum atomic E-state index is -3.63. The Labute approximate surface area is 280 Å². The van der Waals surface area contributed by atoms with Crippen LogP contribution in [-0.4, -0.2) is 99.0 Å². The highest BCUT2D eigenvalue weighted by molar-refractivity contribution is 7.92. The van der Waals surface area contributed by atoms with Crippen molar-refractivity contribution < 1.29 is 13.2 Å². The van der Waals surface area contributed by atoms with Crippen LogP contribution in [0.2, 0.25) is 5.02 Å². The van der Waals surface area contributed by atoms with E-state index in [-0.39, 0.29) is 10.8 Å². The highest BCUT2D eigenvalue weighted by atomic mass is 35.5. The van der Waals surface area contributed by atoms with E-state index < -0.39 is 10.0 Å². The van der Waals surface area contributed by atoms with Crippen molar-refractivity contribution in [2.75, 3.05) is 79.5 Å². The Morgan fingerprint density at radius 3 is 2.49 bits per heavy atom. The van der Waals surface area contributed by atoms with E-state index in [1.54, 1.807) is 25.4 Å². The van der Waals surface area contributed by atoms with Gasteiger partial charge >= 0.3 is 0 Å². The van der Waals surface area contributed by atoms with Gasteiger partial charge in [0, 0.05) is 76.5 Å². The maximum Gasteiger partial charge on any atom is 0.232 e. The zero-order chi connectivity index (χ0) is 33.1. The van der Waals surface area contributed by atoms with Gasteiger partial charge in [-0.25, -0.2) is 13.4 Å². The van der Waals surface area contributed by atoms with E-state index in [2.05, 4.69) is 64.7 Å². The predicted octanol–water partition coefficient (Wildman–Crippen LogP) is 4.40. The number of ether oxygens (including phenoxy) is 1. The van der Waals surface area contributed by atoms with Gasteiger partial charge in [0.2, 0.25) is 16.0 Å². The van der Waals surface area contributed by atoms with Gasteiger partial charge in [0.1, 0.15) is 22.0 Å². The van der Waals surface area contributed by atoms with Gasteiger partial charge < -0.3 is 25.6 Å². The molecule has 47 heavy (non-hydrogen) atoms. The topological polar surface area (TPSA) is 141 Å².